The van der Waals surface area contributed by atoms with Crippen molar-refractivity contribution in [2.75, 3.05) is 68.7 Å². The maximum absolute atomic E-state index is 13.6. The van der Waals surface area contributed by atoms with E-state index in [1.54, 1.807) is 46.6 Å². The summed E-state index contributed by atoms with van der Waals surface area (Å²) in [6.07, 6.45) is 1.48. The van der Waals surface area contributed by atoms with Gasteiger partial charge in [0.05, 0.1) is 49.8 Å². The number of benzene rings is 3. The number of anilines is 1. The quantitative estimate of drug-likeness (QED) is 0.352. The Hall–Kier alpha value is -4.31. The summed E-state index contributed by atoms with van der Waals surface area (Å²) in [5.41, 5.74) is 4.17. The molecule has 1 N–H and O–H groups in total. The SMILES string of the molecule is COc1cc(C[C@H]2c3cc(OC)c(OC)cc3CCN2C)c(NC(=O)c2cc(OC)c(OC)c(OC)c2)cc1OC. The van der Waals surface area contributed by atoms with Gasteiger partial charge in [0.25, 0.3) is 5.91 Å². The molecule has 41 heavy (non-hydrogen) atoms. The fourth-order valence-corrected chi connectivity index (χ4v) is 5.24. The Balaban J connectivity index is 1.76. The number of carbonyl (C=O) groups is 1. The summed E-state index contributed by atoms with van der Waals surface area (Å²) >= 11 is 0. The molecule has 0 unspecified atom stereocenters. The minimum Gasteiger partial charge on any atom is -0.493 e. The highest BCUT2D eigenvalue weighted by Gasteiger charge is 2.29. The topological polar surface area (TPSA) is 97.0 Å². The predicted octanol–water partition coefficient (Wildman–Crippen LogP) is 4.77. The van der Waals surface area contributed by atoms with Crippen LogP contribution in [0.3, 0.4) is 0 Å². The number of carbonyl (C=O) groups excluding carboxylic acids is 1. The van der Waals surface area contributed by atoms with E-state index in [0.29, 0.717) is 57.9 Å². The van der Waals surface area contributed by atoms with Crippen LogP contribution in [-0.4, -0.2) is 74.2 Å². The Kier molecular flexibility index (Phi) is 9.34. The average Bonchev–Trinajstić information content (AvgIpc) is 3.00. The summed E-state index contributed by atoms with van der Waals surface area (Å²) in [6, 6.07) is 11.0. The Bertz CT molecular complexity index is 1380. The second kappa shape index (κ2) is 12.9. The van der Waals surface area contributed by atoms with E-state index < -0.39 is 0 Å². The zero-order chi connectivity index (χ0) is 29.7. The maximum atomic E-state index is 13.6. The molecule has 0 bridgehead atoms. The molecule has 3 aromatic rings. The second-order valence-corrected chi connectivity index (χ2v) is 9.59. The van der Waals surface area contributed by atoms with Crippen LogP contribution < -0.4 is 38.5 Å². The molecule has 1 atom stereocenters. The standard InChI is InChI=1S/C31H38N2O8/c1-33-10-9-18-12-24(35-2)26(37-4)16-21(18)23(33)11-19-13-25(36-3)27(38-5)17-22(19)32-31(34)20-14-28(39-6)30(41-8)29(15-20)40-7/h12-17,23H,9-11H2,1-8H3,(H,32,34)/t23-/m0/s1. The normalized spacial score (nSPS) is 14.5. The lowest BCUT2D eigenvalue weighted by Crippen LogP contribution is -2.33. The lowest BCUT2D eigenvalue weighted by molar-refractivity contribution is 0.102. The Morgan fingerprint density at radius 3 is 1.83 bits per heavy atom. The predicted molar refractivity (Wildman–Crippen MR) is 156 cm³/mol. The summed E-state index contributed by atoms with van der Waals surface area (Å²) in [6.45, 7) is 0.869. The lowest BCUT2D eigenvalue weighted by atomic mass is 9.88. The van der Waals surface area contributed by atoms with Crippen LogP contribution in [0.25, 0.3) is 0 Å². The molecular formula is C31H38N2O8. The minimum atomic E-state index is -0.346. The lowest BCUT2D eigenvalue weighted by Gasteiger charge is -2.35. The largest absolute Gasteiger partial charge is 0.493 e. The summed E-state index contributed by atoms with van der Waals surface area (Å²) in [7, 11) is 13.1. The summed E-state index contributed by atoms with van der Waals surface area (Å²) in [5.74, 6) is 3.28. The summed E-state index contributed by atoms with van der Waals surface area (Å²) in [5, 5.41) is 3.07. The zero-order valence-corrected chi connectivity index (χ0v) is 24.9. The van der Waals surface area contributed by atoms with E-state index in [1.165, 1.54) is 26.9 Å². The number of hydrogen-bond acceptors (Lipinski definition) is 9. The van der Waals surface area contributed by atoms with Crippen molar-refractivity contribution < 1.29 is 38.0 Å². The van der Waals surface area contributed by atoms with Crippen LogP contribution >= 0.6 is 0 Å². The number of methoxy groups -OCH3 is 7. The molecule has 0 aromatic heterocycles. The first-order valence-electron chi connectivity index (χ1n) is 13.1. The molecule has 3 aromatic carbocycles. The van der Waals surface area contributed by atoms with Crippen LogP contribution in [0.15, 0.2) is 36.4 Å². The maximum Gasteiger partial charge on any atom is 0.255 e. The Labute approximate surface area is 241 Å². The molecule has 0 aliphatic carbocycles. The van der Waals surface area contributed by atoms with Crippen molar-refractivity contribution in [1.82, 2.24) is 4.90 Å². The van der Waals surface area contributed by atoms with Crippen molar-refractivity contribution in [3.63, 3.8) is 0 Å². The molecule has 10 nitrogen and oxygen atoms in total. The molecule has 220 valence electrons. The molecule has 0 saturated heterocycles. The molecule has 1 aliphatic heterocycles. The highest BCUT2D eigenvalue weighted by Crippen LogP contribution is 2.42. The van der Waals surface area contributed by atoms with E-state index in [4.69, 9.17) is 33.2 Å². The van der Waals surface area contributed by atoms with Gasteiger partial charge in [0, 0.05) is 29.9 Å². The van der Waals surface area contributed by atoms with Gasteiger partial charge >= 0.3 is 0 Å². The number of ether oxygens (including phenoxy) is 7. The molecule has 0 radical (unpaired) electrons. The van der Waals surface area contributed by atoms with Crippen molar-refractivity contribution in [2.24, 2.45) is 0 Å². The van der Waals surface area contributed by atoms with Gasteiger partial charge in [0.2, 0.25) is 5.75 Å². The number of nitrogens with zero attached hydrogens (tertiary/aromatic N) is 1. The van der Waals surface area contributed by atoms with Gasteiger partial charge in [-0.1, -0.05) is 0 Å². The van der Waals surface area contributed by atoms with E-state index in [2.05, 4.69) is 23.3 Å². The first-order valence-corrected chi connectivity index (χ1v) is 13.1. The first-order chi connectivity index (χ1) is 19.8. The molecule has 0 spiro atoms. The van der Waals surface area contributed by atoms with Crippen LogP contribution in [0.2, 0.25) is 0 Å². The fraction of sp³-hybridized carbons (Fsp3) is 0.387. The van der Waals surface area contributed by atoms with Gasteiger partial charge in [-0.05, 0) is 66.9 Å². The average molecular weight is 567 g/mol. The van der Waals surface area contributed by atoms with Gasteiger partial charge in [-0.2, -0.15) is 0 Å². The van der Waals surface area contributed by atoms with Crippen molar-refractivity contribution >= 4 is 11.6 Å². The fourth-order valence-electron chi connectivity index (χ4n) is 5.24. The van der Waals surface area contributed by atoms with E-state index in [0.717, 1.165) is 24.1 Å². The van der Waals surface area contributed by atoms with Gasteiger partial charge in [-0.15, -0.1) is 0 Å². The molecule has 1 heterocycles. The van der Waals surface area contributed by atoms with Crippen LogP contribution in [0.1, 0.15) is 33.1 Å². The van der Waals surface area contributed by atoms with Crippen LogP contribution in [0, 0.1) is 0 Å². The molecule has 4 rings (SSSR count). The molecule has 10 heteroatoms. The zero-order valence-electron chi connectivity index (χ0n) is 24.9. The van der Waals surface area contributed by atoms with E-state index in [9.17, 15) is 4.79 Å². The number of fused-ring (bicyclic) bond motifs is 1. The van der Waals surface area contributed by atoms with Crippen molar-refractivity contribution in [1.29, 1.82) is 0 Å². The monoisotopic (exact) mass is 566 g/mol. The Morgan fingerprint density at radius 1 is 0.732 bits per heavy atom. The third kappa shape index (κ3) is 5.92. The van der Waals surface area contributed by atoms with Crippen molar-refractivity contribution in [3.05, 3.63) is 58.7 Å². The van der Waals surface area contributed by atoms with E-state index in [-0.39, 0.29) is 11.9 Å². The highest BCUT2D eigenvalue weighted by molar-refractivity contribution is 6.05. The smallest absolute Gasteiger partial charge is 0.255 e. The molecular weight excluding hydrogens is 528 g/mol. The van der Waals surface area contributed by atoms with Crippen molar-refractivity contribution in [2.45, 2.75) is 18.9 Å². The van der Waals surface area contributed by atoms with E-state index in [1.807, 2.05) is 12.1 Å². The van der Waals surface area contributed by atoms with Gasteiger partial charge in [-0.3, -0.25) is 9.69 Å². The van der Waals surface area contributed by atoms with Gasteiger partial charge in [-0.25, -0.2) is 0 Å². The second-order valence-electron chi connectivity index (χ2n) is 9.59. The number of amides is 1. The number of hydrogen-bond donors (Lipinski definition) is 1. The Morgan fingerprint density at radius 2 is 1.27 bits per heavy atom. The van der Waals surface area contributed by atoms with Gasteiger partial charge in [0.15, 0.2) is 34.5 Å². The molecule has 1 amide bonds. The first kappa shape index (κ1) is 29.7. The third-order valence-corrected chi connectivity index (χ3v) is 7.47. The molecule has 1 aliphatic rings. The van der Waals surface area contributed by atoms with Gasteiger partial charge < -0.3 is 38.5 Å². The van der Waals surface area contributed by atoms with Crippen molar-refractivity contribution in [3.8, 4) is 40.2 Å². The van der Waals surface area contributed by atoms with E-state index >= 15 is 0 Å². The van der Waals surface area contributed by atoms with Crippen LogP contribution in [0.4, 0.5) is 5.69 Å². The van der Waals surface area contributed by atoms with Crippen LogP contribution in [-0.2, 0) is 12.8 Å². The molecule has 0 saturated carbocycles. The third-order valence-electron chi connectivity index (χ3n) is 7.47. The minimum absolute atomic E-state index is 0.00786. The number of rotatable bonds is 11. The highest BCUT2D eigenvalue weighted by atomic mass is 16.5. The number of nitrogens with one attached hydrogen (secondary N) is 1. The summed E-state index contributed by atoms with van der Waals surface area (Å²) < 4.78 is 38.7. The van der Waals surface area contributed by atoms with Gasteiger partial charge in [0.1, 0.15) is 0 Å². The van der Waals surface area contributed by atoms with Crippen LogP contribution in [0.5, 0.6) is 40.2 Å². The summed E-state index contributed by atoms with van der Waals surface area (Å²) in [4.78, 5) is 15.9. The number of likely N-dealkylation sites (N-methyl/N-ethyl adjacent to an activating group) is 1. The molecule has 0 fully saturated rings.